The van der Waals surface area contributed by atoms with E-state index >= 15 is 0 Å². The van der Waals surface area contributed by atoms with Gasteiger partial charge in [-0.3, -0.25) is 0 Å². The Labute approximate surface area is 140 Å². The second-order valence-electron chi connectivity index (χ2n) is 5.31. The van der Waals surface area contributed by atoms with Crippen molar-refractivity contribution in [1.82, 2.24) is 10.3 Å². The minimum atomic E-state index is 0. The highest BCUT2D eigenvalue weighted by Crippen LogP contribution is 2.39. The number of anilines is 1. The number of hydrogen-bond donors (Lipinski definition) is 2. The summed E-state index contributed by atoms with van der Waals surface area (Å²) in [6.07, 6.45) is 6.73. The maximum atomic E-state index is 6.00. The molecule has 0 amide bonds. The predicted molar refractivity (Wildman–Crippen MR) is 92.2 cm³/mol. The van der Waals surface area contributed by atoms with Gasteiger partial charge in [-0.15, -0.1) is 23.7 Å². The number of nitrogens with one attached hydrogen (secondary N) is 1. The van der Waals surface area contributed by atoms with Crippen LogP contribution in [0.2, 0.25) is 5.02 Å². The van der Waals surface area contributed by atoms with Crippen LogP contribution in [0.3, 0.4) is 0 Å². The molecular formula is C15H19Cl2N3S. The topological polar surface area (TPSA) is 50.9 Å². The van der Waals surface area contributed by atoms with E-state index in [4.69, 9.17) is 17.3 Å². The van der Waals surface area contributed by atoms with Crippen molar-refractivity contribution in [2.45, 2.75) is 37.8 Å². The molecule has 6 heteroatoms. The number of nitrogen functional groups attached to an aromatic ring is 1. The van der Waals surface area contributed by atoms with Crippen LogP contribution in [0.15, 0.2) is 30.5 Å². The second kappa shape index (κ2) is 6.97. The van der Waals surface area contributed by atoms with Gasteiger partial charge in [0.25, 0.3) is 0 Å². The molecule has 114 valence electrons. The zero-order valence-corrected chi connectivity index (χ0v) is 14.0. The molecule has 21 heavy (non-hydrogen) atoms. The fourth-order valence-electron chi connectivity index (χ4n) is 2.98. The van der Waals surface area contributed by atoms with Crippen molar-refractivity contribution < 1.29 is 0 Å². The lowest BCUT2D eigenvalue weighted by Gasteiger charge is -2.31. The maximum Gasteiger partial charge on any atom is 0.180 e. The minimum absolute atomic E-state index is 0. The Kier molecular flexibility index (Phi) is 5.49. The highest BCUT2D eigenvalue weighted by Gasteiger charge is 2.35. The molecule has 1 aromatic carbocycles. The lowest BCUT2D eigenvalue weighted by molar-refractivity contribution is 0.340. The molecule has 1 fully saturated rings. The van der Waals surface area contributed by atoms with Crippen molar-refractivity contribution in [3.63, 3.8) is 0 Å². The van der Waals surface area contributed by atoms with Gasteiger partial charge in [0.1, 0.15) is 0 Å². The zero-order valence-electron chi connectivity index (χ0n) is 11.6. The van der Waals surface area contributed by atoms with Gasteiger partial charge in [0, 0.05) is 28.2 Å². The van der Waals surface area contributed by atoms with Crippen molar-refractivity contribution in [1.29, 1.82) is 0 Å². The number of hydrogen-bond acceptors (Lipinski definition) is 4. The third-order valence-corrected chi connectivity index (χ3v) is 5.10. The van der Waals surface area contributed by atoms with Gasteiger partial charge in [0.05, 0.1) is 0 Å². The van der Waals surface area contributed by atoms with Crippen LogP contribution in [0.1, 0.15) is 36.1 Å². The van der Waals surface area contributed by atoms with Gasteiger partial charge in [0.15, 0.2) is 5.13 Å². The fourth-order valence-corrected chi connectivity index (χ4v) is 3.73. The fraction of sp³-hybridized carbons (Fsp3) is 0.400. The molecule has 3 N–H and O–H groups in total. The Hall–Kier alpha value is -0.810. The summed E-state index contributed by atoms with van der Waals surface area (Å²) in [6.45, 7) is 0.817. The summed E-state index contributed by atoms with van der Waals surface area (Å²) < 4.78 is 0. The summed E-state index contributed by atoms with van der Waals surface area (Å²) >= 11 is 7.55. The highest BCUT2D eigenvalue weighted by molar-refractivity contribution is 7.15. The van der Waals surface area contributed by atoms with Gasteiger partial charge in [-0.05, 0) is 30.5 Å². The molecule has 1 aromatic heterocycles. The first kappa shape index (κ1) is 16.6. The largest absolute Gasteiger partial charge is 0.375 e. The SMILES string of the molecule is Cl.Nc1ncc(CNC2(c3ccc(Cl)cc3)CCCC2)s1. The molecule has 1 aliphatic rings. The second-order valence-corrected chi connectivity index (χ2v) is 6.90. The number of halogens is 2. The van der Waals surface area contributed by atoms with E-state index in [1.807, 2.05) is 18.3 Å². The Morgan fingerprint density at radius 3 is 2.48 bits per heavy atom. The number of aromatic nitrogens is 1. The van der Waals surface area contributed by atoms with E-state index in [0.717, 1.165) is 11.6 Å². The molecule has 3 nitrogen and oxygen atoms in total. The first-order valence-corrected chi connectivity index (χ1v) is 8.09. The van der Waals surface area contributed by atoms with Crippen molar-refractivity contribution >= 4 is 40.5 Å². The molecule has 2 aromatic rings. The number of nitrogens with two attached hydrogens (primary N) is 1. The van der Waals surface area contributed by atoms with Crippen LogP contribution in [-0.4, -0.2) is 4.98 Å². The van der Waals surface area contributed by atoms with E-state index in [1.165, 1.54) is 36.1 Å². The molecule has 0 unspecified atom stereocenters. The monoisotopic (exact) mass is 343 g/mol. The summed E-state index contributed by atoms with van der Waals surface area (Å²) in [4.78, 5) is 5.29. The third-order valence-electron chi connectivity index (χ3n) is 4.03. The Bertz CT molecular complexity index is 577. The summed E-state index contributed by atoms with van der Waals surface area (Å²) in [7, 11) is 0. The first-order chi connectivity index (χ1) is 9.68. The molecule has 3 rings (SSSR count). The maximum absolute atomic E-state index is 6.00. The Morgan fingerprint density at radius 2 is 1.90 bits per heavy atom. The average Bonchev–Trinajstić information content (AvgIpc) is 3.07. The van der Waals surface area contributed by atoms with E-state index in [1.54, 1.807) is 11.3 Å². The van der Waals surface area contributed by atoms with Gasteiger partial charge < -0.3 is 11.1 Å². The van der Waals surface area contributed by atoms with E-state index in [0.29, 0.717) is 5.13 Å². The first-order valence-electron chi connectivity index (χ1n) is 6.89. The highest BCUT2D eigenvalue weighted by atomic mass is 35.5. The van der Waals surface area contributed by atoms with E-state index < -0.39 is 0 Å². The summed E-state index contributed by atoms with van der Waals surface area (Å²) in [5.41, 5.74) is 7.09. The summed E-state index contributed by atoms with van der Waals surface area (Å²) in [6, 6.07) is 8.23. The molecule has 0 radical (unpaired) electrons. The van der Waals surface area contributed by atoms with Crippen LogP contribution >= 0.6 is 35.3 Å². The normalized spacial score (nSPS) is 16.6. The van der Waals surface area contributed by atoms with Crippen molar-refractivity contribution in [2.75, 3.05) is 5.73 Å². The van der Waals surface area contributed by atoms with Crippen LogP contribution < -0.4 is 11.1 Å². The van der Waals surface area contributed by atoms with Gasteiger partial charge >= 0.3 is 0 Å². The van der Waals surface area contributed by atoms with Crippen LogP contribution in [0, 0.1) is 0 Å². The molecule has 0 atom stereocenters. The Balaban J connectivity index is 0.00000161. The average molecular weight is 344 g/mol. The molecule has 0 spiro atoms. The van der Waals surface area contributed by atoms with Gasteiger partial charge in [0.2, 0.25) is 0 Å². The van der Waals surface area contributed by atoms with Crippen LogP contribution in [0.4, 0.5) is 5.13 Å². The predicted octanol–water partition coefficient (Wildman–Crippen LogP) is 4.36. The Morgan fingerprint density at radius 1 is 1.24 bits per heavy atom. The van der Waals surface area contributed by atoms with Gasteiger partial charge in [-0.1, -0.05) is 36.6 Å². The van der Waals surface area contributed by atoms with Crippen molar-refractivity contribution in [3.05, 3.63) is 45.9 Å². The van der Waals surface area contributed by atoms with Gasteiger partial charge in [-0.25, -0.2) is 4.98 Å². The van der Waals surface area contributed by atoms with Gasteiger partial charge in [-0.2, -0.15) is 0 Å². The molecule has 1 saturated carbocycles. The summed E-state index contributed by atoms with van der Waals surface area (Å²) in [5.74, 6) is 0. The number of rotatable bonds is 4. The molecule has 1 aliphatic carbocycles. The number of thiazole rings is 1. The van der Waals surface area contributed by atoms with Crippen molar-refractivity contribution in [2.24, 2.45) is 0 Å². The molecule has 0 aliphatic heterocycles. The molecule has 1 heterocycles. The van der Waals surface area contributed by atoms with Crippen molar-refractivity contribution in [3.8, 4) is 0 Å². The third kappa shape index (κ3) is 3.69. The van der Waals surface area contributed by atoms with Crippen LogP contribution in [0.25, 0.3) is 0 Å². The van der Waals surface area contributed by atoms with Crippen LogP contribution in [0.5, 0.6) is 0 Å². The smallest absolute Gasteiger partial charge is 0.180 e. The molecule has 0 bridgehead atoms. The quantitative estimate of drug-likeness (QED) is 0.866. The molecule has 0 saturated heterocycles. The summed E-state index contributed by atoms with van der Waals surface area (Å²) in [5, 5.41) is 5.15. The number of benzene rings is 1. The lowest BCUT2D eigenvalue weighted by Crippen LogP contribution is -2.39. The zero-order chi connectivity index (χ0) is 14.0. The minimum Gasteiger partial charge on any atom is -0.375 e. The van der Waals surface area contributed by atoms with E-state index in [-0.39, 0.29) is 17.9 Å². The molecular weight excluding hydrogens is 325 g/mol. The van der Waals surface area contributed by atoms with Crippen LogP contribution in [-0.2, 0) is 12.1 Å². The lowest BCUT2D eigenvalue weighted by atomic mass is 9.88. The van der Waals surface area contributed by atoms with E-state index in [9.17, 15) is 0 Å². The number of nitrogens with zero attached hydrogens (tertiary/aromatic N) is 1. The van der Waals surface area contributed by atoms with E-state index in [2.05, 4.69) is 22.4 Å². The standard InChI is InChI=1S/C15H18ClN3S.ClH/c16-12-5-3-11(4-6-12)15(7-1-2-8-15)19-10-13-9-18-14(17)20-13;/h3-6,9,19H,1-2,7-8,10H2,(H2,17,18);1H.